The topological polar surface area (TPSA) is 88.8 Å². The molecule has 2 atom stereocenters. The predicted octanol–water partition coefficient (Wildman–Crippen LogP) is 2.55. The SMILES string of the molecule is O=S(=O)(On1c(O)c2c(c1O)C1C=CC2C1)c1c(F)c(F)c(F)c(F)c1F. The van der Waals surface area contributed by atoms with E-state index in [0.717, 1.165) is 0 Å². The smallest absolute Gasteiger partial charge is 0.363 e. The van der Waals surface area contributed by atoms with Crippen LogP contribution >= 0.6 is 0 Å². The van der Waals surface area contributed by atoms with Crippen LogP contribution < -0.4 is 4.28 Å². The Kier molecular flexibility index (Phi) is 3.51. The van der Waals surface area contributed by atoms with Crippen molar-refractivity contribution in [1.82, 2.24) is 4.73 Å². The molecule has 0 saturated heterocycles. The van der Waals surface area contributed by atoms with Crippen LogP contribution in [0.1, 0.15) is 29.4 Å². The second-order valence-corrected chi connectivity index (χ2v) is 7.50. The molecule has 0 aliphatic heterocycles. The van der Waals surface area contributed by atoms with Gasteiger partial charge in [-0.25, -0.2) is 22.0 Å². The summed E-state index contributed by atoms with van der Waals surface area (Å²) in [6.07, 6.45) is 3.93. The Morgan fingerprint density at radius 3 is 1.70 bits per heavy atom. The number of hydrogen-bond donors (Lipinski definition) is 2. The standard InChI is InChI=1S/C15H8F5NO5S/c16-8-9(17)11(19)13(12(20)10(8)18)27(24,25)26-21-14(22)6-4-1-2-5(3-4)7(6)15(21)23/h1-2,4-5,22-23H,3H2. The molecule has 2 aliphatic carbocycles. The van der Waals surface area contributed by atoms with Crippen molar-refractivity contribution in [2.75, 3.05) is 0 Å². The predicted molar refractivity (Wildman–Crippen MR) is 77.0 cm³/mol. The van der Waals surface area contributed by atoms with Gasteiger partial charge in [0.15, 0.2) is 28.2 Å². The number of halogens is 5. The van der Waals surface area contributed by atoms with Crippen LogP contribution in [0.25, 0.3) is 0 Å². The molecule has 0 saturated carbocycles. The van der Waals surface area contributed by atoms with Gasteiger partial charge in [0, 0.05) is 23.0 Å². The third kappa shape index (κ3) is 2.19. The first-order chi connectivity index (χ1) is 12.6. The minimum Gasteiger partial charge on any atom is -0.492 e. The molecule has 2 aromatic rings. The summed E-state index contributed by atoms with van der Waals surface area (Å²) in [6.45, 7) is 0. The summed E-state index contributed by atoms with van der Waals surface area (Å²) in [7, 11) is -5.66. The zero-order valence-electron chi connectivity index (χ0n) is 12.9. The monoisotopic (exact) mass is 409 g/mol. The Hall–Kier alpha value is -2.76. The van der Waals surface area contributed by atoms with E-state index in [2.05, 4.69) is 4.28 Å². The molecule has 6 nitrogen and oxygen atoms in total. The fourth-order valence-corrected chi connectivity index (χ4v) is 4.46. The number of rotatable bonds is 3. The fraction of sp³-hybridized carbons (Fsp3) is 0.200. The van der Waals surface area contributed by atoms with Crippen LogP contribution in [0.15, 0.2) is 17.0 Å². The molecular weight excluding hydrogens is 401 g/mol. The van der Waals surface area contributed by atoms with Gasteiger partial charge in [-0.2, -0.15) is 8.42 Å². The van der Waals surface area contributed by atoms with Gasteiger partial charge in [0.05, 0.1) is 0 Å². The Labute approximate surface area is 147 Å². The molecule has 1 heterocycles. The highest BCUT2D eigenvalue weighted by molar-refractivity contribution is 7.87. The van der Waals surface area contributed by atoms with Crippen LogP contribution in [0.5, 0.6) is 11.8 Å². The van der Waals surface area contributed by atoms with Gasteiger partial charge < -0.3 is 10.2 Å². The summed E-state index contributed by atoms with van der Waals surface area (Å²) in [6, 6.07) is 0. The second-order valence-electron chi connectivity index (χ2n) is 6.03. The molecule has 1 aromatic carbocycles. The van der Waals surface area contributed by atoms with Crippen LogP contribution in [0.2, 0.25) is 0 Å². The minimum atomic E-state index is -5.66. The fourth-order valence-electron chi connectivity index (χ4n) is 3.43. The van der Waals surface area contributed by atoms with Gasteiger partial charge in [0.1, 0.15) is 0 Å². The number of fused-ring (bicyclic) bond motifs is 5. The molecular formula is C15H8F5NO5S. The molecule has 2 aliphatic rings. The lowest BCUT2D eigenvalue weighted by atomic mass is 10.0. The lowest BCUT2D eigenvalue weighted by Gasteiger charge is -2.12. The summed E-state index contributed by atoms with van der Waals surface area (Å²) >= 11 is 0. The van der Waals surface area contributed by atoms with Gasteiger partial charge >= 0.3 is 10.1 Å². The van der Waals surface area contributed by atoms with Crippen molar-refractivity contribution in [3.63, 3.8) is 0 Å². The van der Waals surface area contributed by atoms with Crippen molar-refractivity contribution in [2.24, 2.45) is 0 Å². The van der Waals surface area contributed by atoms with E-state index in [4.69, 9.17) is 0 Å². The first kappa shape index (κ1) is 17.6. The number of hydrogen-bond acceptors (Lipinski definition) is 5. The summed E-state index contributed by atoms with van der Waals surface area (Å²) in [5.74, 6) is -15.2. The van der Waals surface area contributed by atoms with Crippen molar-refractivity contribution in [3.05, 3.63) is 52.4 Å². The number of aromatic nitrogens is 1. The molecule has 0 radical (unpaired) electrons. The molecule has 27 heavy (non-hydrogen) atoms. The van der Waals surface area contributed by atoms with Crippen molar-refractivity contribution in [3.8, 4) is 11.8 Å². The largest absolute Gasteiger partial charge is 0.492 e. The highest BCUT2D eigenvalue weighted by Gasteiger charge is 2.43. The van der Waals surface area contributed by atoms with Crippen LogP contribution in [-0.2, 0) is 10.1 Å². The number of aromatic hydroxyl groups is 2. The lowest BCUT2D eigenvalue weighted by molar-refractivity contribution is 0.198. The molecule has 0 spiro atoms. The van der Waals surface area contributed by atoms with Crippen LogP contribution in [0.3, 0.4) is 0 Å². The normalized spacial score (nSPS) is 20.3. The highest BCUT2D eigenvalue weighted by atomic mass is 32.2. The summed E-state index contributed by atoms with van der Waals surface area (Å²) in [5.41, 5.74) is 0.320. The quantitative estimate of drug-likeness (QED) is 0.352. The van der Waals surface area contributed by atoms with Crippen molar-refractivity contribution < 1.29 is 44.9 Å². The van der Waals surface area contributed by atoms with E-state index in [0.29, 0.717) is 6.42 Å². The summed E-state index contributed by atoms with van der Waals surface area (Å²) in [5, 5.41) is 20.3. The van der Waals surface area contributed by atoms with Gasteiger partial charge in [-0.3, -0.25) is 4.28 Å². The second kappa shape index (κ2) is 5.38. The Morgan fingerprint density at radius 1 is 0.852 bits per heavy atom. The highest BCUT2D eigenvalue weighted by Crippen LogP contribution is 2.56. The first-order valence-electron chi connectivity index (χ1n) is 7.37. The zero-order valence-corrected chi connectivity index (χ0v) is 13.7. The van der Waals surface area contributed by atoms with Gasteiger partial charge in [-0.15, -0.1) is 0 Å². The molecule has 12 heteroatoms. The number of allylic oxidation sites excluding steroid dienone is 2. The van der Waals surface area contributed by atoms with E-state index >= 15 is 0 Å². The maximum absolute atomic E-state index is 13.8. The lowest BCUT2D eigenvalue weighted by Crippen LogP contribution is -2.24. The van der Waals surface area contributed by atoms with E-state index in [1.54, 1.807) is 12.2 Å². The Bertz CT molecular complexity index is 1080. The molecule has 2 bridgehead atoms. The van der Waals surface area contributed by atoms with Crippen LogP contribution in [-0.4, -0.2) is 23.4 Å². The molecule has 1 aromatic heterocycles. The van der Waals surface area contributed by atoms with E-state index in [1.807, 2.05) is 0 Å². The number of nitrogens with zero attached hydrogens (tertiary/aromatic N) is 1. The van der Waals surface area contributed by atoms with E-state index in [9.17, 15) is 40.6 Å². The molecule has 0 amide bonds. The maximum Gasteiger partial charge on any atom is 0.363 e. The molecule has 2 N–H and O–H groups in total. The maximum atomic E-state index is 13.8. The average Bonchev–Trinajstić information content (AvgIpc) is 3.28. The van der Waals surface area contributed by atoms with Crippen LogP contribution in [0, 0.1) is 29.1 Å². The first-order valence-corrected chi connectivity index (χ1v) is 8.78. The van der Waals surface area contributed by atoms with Crippen molar-refractivity contribution in [1.29, 1.82) is 0 Å². The Balaban J connectivity index is 1.84. The number of benzene rings is 1. The van der Waals surface area contributed by atoms with Crippen LogP contribution in [0.4, 0.5) is 22.0 Å². The minimum absolute atomic E-state index is 0.0236. The van der Waals surface area contributed by atoms with Gasteiger partial charge in [0.25, 0.3) is 0 Å². The zero-order chi connectivity index (χ0) is 19.8. The third-order valence-corrected chi connectivity index (χ3v) is 5.78. The molecule has 144 valence electrons. The van der Waals surface area contributed by atoms with Gasteiger partial charge in [0.2, 0.25) is 17.6 Å². The molecule has 2 unspecified atom stereocenters. The van der Waals surface area contributed by atoms with Crippen molar-refractivity contribution in [2.45, 2.75) is 23.2 Å². The van der Waals surface area contributed by atoms with Crippen molar-refractivity contribution >= 4 is 10.1 Å². The molecule has 4 rings (SSSR count). The Morgan fingerprint density at radius 2 is 1.26 bits per heavy atom. The summed E-state index contributed by atoms with van der Waals surface area (Å²) in [4.78, 5) is -2.24. The van der Waals surface area contributed by atoms with Gasteiger partial charge in [-0.05, 0) is 6.42 Å². The van der Waals surface area contributed by atoms with Gasteiger partial charge in [-0.1, -0.05) is 16.9 Å². The third-order valence-electron chi connectivity index (χ3n) is 4.57. The van der Waals surface area contributed by atoms with E-state index < -0.39 is 55.9 Å². The average molecular weight is 409 g/mol. The van der Waals surface area contributed by atoms with E-state index in [1.165, 1.54) is 0 Å². The van der Waals surface area contributed by atoms with E-state index in [-0.39, 0.29) is 27.7 Å². The molecule has 0 fully saturated rings. The summed E-state index contributed by atoms with van der Waals surface area (Å²) < 4.78 is 95.8.